The standard InChI is InChI=1S/C22H20F2N2O6/c1-13-19(14(2)32-26-13)11-29-17-7-3-15(4-8-17)21(28)30-12-20(27)25-16-5-9-18(10-6-16)31-22(23)24/h3-10,22H,11-12H2,1-2H3,(H,25,27). The minimum absolute atomic E-state index is 0.0384. The van der Waals surface area contributed by atoms with Crippen molar-refractivity contribution in [1.82, 2.24) is 5.16 Å². The Morgan fingerprint density at radius 3 is 2.28 bits per heavy atom. The third kappa shape index (κ3) is 6.27. The van der Waals surface area contributed by atoms with E-state index in [-0.39, 0.29) is 17.9 Å². The number of benzene rings is 2. The molecule has 0 atom stereocenters. The van der Waals surface area contributed by atoms with E-state index in [1.54, 1.807) is 19.1 Å². The van der Waals surface area contributed by atoms with E-state index in [0.717, 1.165) is 11.3 Å². The normalized spacial score (nSPS) is 10.7. The fourth-order valence-electron chi connectivity index (χ4n) is 2.68. The predicted octanol–water partition coefficient (Wildman–Crippen LogP) is 4.27. The van der Waals surface area contributed by atoms with Crippen molar-refractivity contribution in [2.24, 2.45) is 0 Å². The highest BCUT2D eigenvalue weighted by molar-refractivity contribution is 5.95. The van der Waals surface area contributed by atoms with Crippen LogP contribution in [0.3, 0.4) is 0 Å². The first kappa shape index (κ1) is 22.7. The third-order valence-corrected chi connectivity index (χ3v) is 4.35. The van der Waals surface area contributed by atoms with Crippen LogP contribution in [0, 0.1) is 13.8 Å². The van der Waals surface area contributed by atoms with E-state index in [1.807, 2.05) is 6.92 Å². The first-order valence-electron chi connectivity index (χ1n) is 9.48. The van der Waals surface area contributed by atoms with Gasteiger partial charge < -0.3 is 24.1 Å². The zero-order valence-electron chi connectivity index (χ0n) is 17.3. The maximum absolute atomic E-state index is 12.1. The van der Waals surface area contributed by atoms with Gasteiger partial charge >= 0.3 is 12.6 Å². The van der Waals surface area contributed by atoms with Crippen molar-refractivity contribution < 1.29 is 37.1 Å². The molecular formula is C22H20F2N2O6. The van der Waals surface area contributed by atoms with E-state index in [9.17, 15) is 18.4 Å². The highest BCUT2D eigenvalue weighted by Crippen LogP contribution is 2.19. The Labute approximate surface area is 182 Å². The molecule has 10 heteroatoms. The monoisotopic (exact) mass is 446 g/mol. The van der Waals surface area contributed by atoms with Crippen LogP contribution in [0.4, 0.5) is 14.5 Å². The third-order valence-electron chi connectivity index (χ3n) is 4.35. The summed E-state index contributed by atoms with van der Waals surface area (Å²) in [5, 5.41) is 6.34. The smallest absolute Gasteiger partial charge is 0.387 e. The van der Waals surface area contributed by atoms with Crippen LogP contribution in [0.25, 0.3) is 0 Å². The molecule has 0 aliphatic heterocycles. The Kier molecular flexibility index (Phi) is 7.37. The topological polar surface area (TPSA) is 99.9 Å². The number of aromatic nitrogens is 1. The molecule has 3 rings (SSSR count). The summed E-state index contributed by atoms with van der Waals surface area (Å²) < 4.78 is 44.3. The number of alkyl halides is 2. The lowest BCUT2D eigenvalue weighted by Crippen LogP contribution is -2.20. The summed E-state index contributed by atoms with van der Waals surface area (Å²) in [4.78, 5) is 24.1. The van der Waals surface area contributed by atoms with Crippen molar-refractivity contribution in [2.75, 3.05) is 11.9 Å². The van der Waals surface area contributed by atoms with E-state index < -0.39 is 25.1 Å². The summed E-state index contributed by atoms with van der Waals surface area (Å²) in [7, 11) is 0. The largest absolute Gasteiger partial charge is 0.489 e. The summed E-state index contributed by atoms with van der Waals surface area (Å²) in [6.07, 6.45) is 0. The molecule has 0 saturated carbocycles. The van der Waals surface area contributed by atoms with Gasteiger partial charge in [-0.3, -0.25) is 4.79 Å². The molecule has 32 heavy (non-hydrogen) atoms. The van der Waals surface area contributed by atoms with Crippen molar-refractivity contribution in [3.8, 4) is 11.5 Å². The van der Waals surface area contributed by atoms with Crippen LogP contribution in [-0.2, 0) is 16.1 Å². The lowest BCUT2D eigenvalue weighted by Gasteiger charge is -2.09. The van der Waals surface area contributed by atoms with Gasteiger partial charge in [-0.2, -0.15) is 8.78 Å². The highest BCUT2D eigenvalue weighted by Gasteiger charge is 2.13. The quantitative estimate of drug-likeness (QED) is 0.490. The molecule has 0 saturated heterocycles. The molecule has 1 amide bonds. The van der Waals surface area contributed by atoms with E-state index in [1.165, 1.54) is 36.4 Å². The van der Waals surface area contributed by atoms with Gasteiger partial charge in [-0.25, -0.2) is 4.79 Å². The zero-order chi connectivity index (χ0) is 23.1. The fraction of sp³-hybridized carbons (Fsp3) is 0.227. The first-order chi connectivity index (χ1) is 15.3. The van der Waals surface area contributed by atoms with Gasteiger partial charge in [0.05, 0.1) is 16.8 Å². The zero-order valence-corrected chi connectivity index (χ0v) is 17.3. The van der Waals surface area contributed by atoms with Crippen molar-refractivity contribution in [3.63, 3.8) is 0 Å². The number of halogens is 2. The number of ether oxygens (including phenoxy) is 3. The van der Waals surface area contributed by atoms with Crippen LogP contribution < -0.4 is 14.8 Å². The Balaban J connectivity index is 1.45. The number of nitrogens with one attached hydrogen (secondary N) is 1. The van der Waals surface area contributed by atoms with E-state index in [2.05, 4.69) is 15.2 Å². The van der Waals surface area contributed by atoms with E-state index >= 15 is 0 Å². The van der Waals surface area contributed by atoms with Crippen LogP contribution in [0.5, 0.6) is 11.5 Å². The molecule has 0 aliphatic rings. The van der Waals surface area contributed by atoms with Gasteiger partial charge in [-0.1, -0.05) is 5.16 Å². The molecule has 1 heterocycles. The maximum atomic E-state index is 12.1. The SMILES string of the molecule is Cc1noc(C)c1COc1ccc(C(=O)OCC(=O)Nc2ccc(OC(F)F)cc2)cc1. The second-order valence-electron chi connectivity index (χ2n) is 6.64. The van der Waals surface area contributed by atoms with Gasteiger partial charge in [0, 0.05) is 5.69 Å². The molecule has 0 unspecified atom stereocenters. The number of anilines is 1. The van der Waals surface area contributed by atoms with Crippen LogP contribution in [0.15, 0.2) is 53.1 Å². The number of hydrogen-bond donors (Lipinski definition) is 1. The van der Waals surface area contributed by atoms with Gasteiger partial charge in [0.25, 0.3) is 5.91 Å². The summed E-state index contributed by atoms with van der Waals surface area (Å²) >= 11 is 0. The van der Waals surface area contributed by atoms with Gasteiger partial charge in [-0.15, -0.1) is 0 Å². The second-order valence-corrected chi connectivity index (χ2v) is 6.64. The summed E-state index contributed by atoms with van der Waals surface area (Å²) in [5.41, 5.74) is 2.19. The van der Waals surface area contributed by atoms with Gasteiger partial charge in [0.15, 0.2) is 6.61 Å². The number of carbonyl (C=O) groups is 2. The minimum atomic E-state index is -2.93. The van der Waals surface area contributed by atoms with Crippen molar-refractivity contribution in [1.29, 1.82) is 0 Å². The van der Waals surface area contributed by atoms with Crippen LogP contribution in [0.1, 0.15) is 27.4 Å². The molecule has 0 fully saturated rings. The van der Waals surface area contributed by atoms with Crippen LogP contribution in [-0.4, -0.2) is 30.3 Å². The molecule has 1 aromatic heterocycles. The first-order valence-corrected chi connectivity index (χ1v) is 9.48. The molecule has 0 bridgehead atoms. The molecule has 0 aliphatic carbocycles. The summed E-state index contributed by atoms with van der Waals surface area (Å²) in [6.45, 7) is 0.447. The van der Waals surface area contributed by atoms with Crippen molar-refractivity contribution >= 4 is 17.6 Å². The summed E-state index contributed by atoms with van der Waals surface area (Å²) in [5.74, 6) is -0.0843. The molecule has 0 radical (unpaired) electrons. The Morgan fingerprint density at radius 2 is 1.69 bits per heavy atom. The lowest BCUT2D eigenvalue weighted by molar-refractivity contribution is -0.119. The van der Waals surface area contributed by atoms with E-state index in [4.69, 9.17) is 14.0 Å². The average Bonchev–Trinajstić information content (AvgIpc) is 3.09. The average molecular weight is 446 g/mol. The number of rotatable bonds is 9. The maximum Gasteiger partial charge on any atom is 0.387 e. The molecule has 2 aromatic carbocycles. The molecular weight excluding hydrogens is 426 g/mol. The number of hydrogen-bond acceptors (Lipinski definition) is 7. The van der Waals surface area contributed by atoms with Crippen molar-refractivity contribution in [3.05, 3.63) is 71.1 Å². The Hall–Kier alpha value is -3.95. The van der Waals surface area contributed by atoms with Crippen LogP contribution in [0.2, 0.25) is 0 Å². The molecule has 0 spiro atoms. The minimum Gasteiger partial charge on any atom is -0.489 e. The fourth-order valence-corrected chi connectivity index (χ4v) is 2.68. The molecule has 8 nitrogen and oxygen atoms in total. The second kappa shape index (κ2) is 10.4. The number of nitrogens with zero attached hydrogens (tertiary/aromatic N) is 1. The molecule has 1 N–H and O–H groups in total. The predicted molar refractivity (Wildman–Crippen MR) is 109 cm³/mol. The Bertz CT molecular complexity index is 1050. The van der Waals surface area contributed by atoms with Gasteiger partial charge in [0.1, 0.15) is 23.9 Å². The van der Waals surface area contributed by atoms with Crippen LogP contribution >= 0.6 is 0 Å². The van der Waals surface area contributed by atoms with Crippen molar-refractivity contribution in [2.45, 2.75) is 27.1 Å². The molecule has 168 valence electrons. The van der Waals surface area contributed by atoms with Gasteiger partial charge in [-0.05, 0) is 62.4 Å². The number of amides is 1. The highest BCUT2D eigenvalue weighted by atomic mass is 19.3. The van der Waals surface area contributed by atoms with Gasteiger partial charge in [0.2, 0.25) is 0 Å². The lowest BCUT2D eigenvalue weighted by atomic mass is 10.2. The summed E-state index contributed by atoms with van der Waals surface area (Å²) in [6, 6.07) is 11.6. The Morgan fingerprint density at radius 1 is 1.03 bits per heavy atom. The van der Waals surface area contributed by atoms with E-state index in [0.29, 0.717) is 17.2 Å². The molecule has 3 aromatic rings. The number of esters is 1. The number of carbonyl (C=O) groups excluding carboxylic acids is 2. The number of aryl methyl sites for hydroxylation is 2.